The number of alkyl halides is 1. The monoisotopic (exact) mass is 369 g/mol. The Bertz CT molecular complexity index is 486. The van der Waals surface area contributed by atoms with Crippen LogP contribution in [0.4, 0.5) is 0 Å². The smallest absolute Gasteiger partial charge is 0.254 e. The van der Waals surface area contributed by atoms with Crippen molar-refractivity contribution in [3.8, 4) is 0 Å². The predicted molar refractivity (Wildman–Crippen MR) is 97.9 cm³/mol. The van der Waals surface area contributed by atoms with E-state index in [2.05, 4.69) is 69.3 Å². The van der Waals surface area contributed by atoms with Crippen molar-refractivity contribution in [2.24, 2.45) is 0 Å². The van der Waals surface area contributed by atoms with Crippen LogP contribution >= 0.6 is 15.9 Å². The van der Waals surface area contributed by atoms with Gasteiger partial charge in [0.15, 0.2) is 0 Å². The highest BCUT2D eigenvalue weighted by Gasteiger charge is 2.31. The van der Waals surface area contributed by atoms with Crippen molar-refractivity contribution in [1.29, 1.82) is 0 Å². The Morgan fingerprint density at radius 1 is 1.05 bits per heavy atom. The maximum Gasteiger partial charge on any atom is 0.254 e. The fourth-order valence-electron chi connectivity index (χ4n) is 2.58. The summed E-state index contributed by atoms with van der Waals surface area (Å²) >= 11 is 3.84. The Morgan fingerprint density at radius 2 is 1.52 bits per heavy atom. The van der Waals surface area contributed by atoms with Crippen molar-refractivity contribution in [3.05, 3.63) is 35.4 Å². The van der Waals surface area contributed by atoms with Crippen LogP contribution in [0.15, 0.2) is 24.3 Å². The van der Waals surface area contributed by atoms with E-state index in [-0.39, 0.29) is 22.4 Å². The maximum absolute atomic E-state index is 13.0. The van der Waals surface area contributed by atoms with E-state index in [0.29, 0.717) is 0 Å². The minimum absolute atomic E-state index is 0.137. The van der Waals surface area contributed by atoms with Crippen molar-refractivity contribution in [2.75, 3.05) is 0 Å². The quantitative estimate of drug-likeness (QED) is 0.511. The second-order valence-electron chi connectivity index (χ2n) is 7.22. The fourth-order valence-corrected chi connectivity index (χ4v) is 4.17. The molecule has 4 heteroatoms. The van der Waals surface area contributed by atoms with Crippen molar-refractivity contribution in [1.82, 2.24) is 4.90 Å². The zero-order chi connectivity index (χ0) is 16.4. The minimum atomic E-state index is -1.42. The standard InChI is InChI=1S/C17H28BrNOSi/c1-12(2)19(13(3)4)17(20)15-11-9-8-10-14(15)16(18)21(5,6)7/h8-13,16H,1-7H3. The molecule has 0 heterocycles. The number of carbonyl (C=O) groups excluding carboxylic acids is 1. The van der Waals surface area contributed by atoms with Crippen molar-refractivity contribution in [2.45, 2.75) is 63.9 Å². The van der Waals surface area contributed by atoms with Gasteiger partial charge in [-0.2, -0.15) is 0 Å². The molecule has 0 saturated heterocycles. The third-order valence-corrected chi connectivity index (χ3v) is 10.0. The summed E-state index contributed by atoms with van der Waals surface area (Å²) in [6, 6.07) is 8.43. The van der Waals surface area contributed by atoms with Gasteiger partial charge in [0.1, 0.15) is 0 Å². The van der Waals surface area contributed by atoms with E-state index in [1.54, 1.807) is 0 Å². The van der Waals surface area contributed by atoms with Crippen LogP contribution in [0.1, 0.15) is 48.1 Å². The van der Waals surface area contributed by atoms with E-state index in [1.165, 1.54) is 0 Å². The van der Waals surface area contributed by atoms with Crippen LogP contribution in [0.2, 0.25) is 19.6 Å². The molecule has 1 amide bonds. The van der Waals surface area contributed by atoms with Crippen LogP contribution in [0.25, 0.3) is 0 Å². The van der Waals surface area contributed by atoms with Crippen molar-refractivity contribution in [3.63, 3.8) is 0 Å². The van der Waals surface area contributed by atoms with Gasteiger partial charge in [-0.15, -0.1) is 0 Å². The molecule has 0 aromatic heterocycles. The molecule has 2 nitrogen and oxygen atoms in total. The van der Waals surface area contributed by atoms with Crippen LogP contribution in [0.5, 0.6) is 0 Å². The summed E-state index contributed by atoms with van der Waals surface area (Å²) < 4.78 is 0.284. The average Bonchev–Trinajstić information content (AvgIpc) is 2.35. The van der Waals surface area contributed by atoms with E-state index in [0.717, 1.165) is 11.1 Å². The number of hydrogen-bond donors (Lipinski definition) is 0. The lowest BCUT2D eigenvalue weighted by molar-refractivity contribution is 0.0643. The van der Waals surface area contributed by atoms with Gasteiger partial charge in [0, 0.05) is 22.1 Å². The van der Waals surface area contributed by atoms with Gasteiger partial charge >= 0.3 is 0 Å². The van der Waals surface area contributed by atoms with E-state index in [9.17, 15) is 4.79 Å². The number of hydrogen-bond acceptors (Lipinski definition) is 1. The Balaban J connectivity index is 3.28. The molecule has 0 fully saturated rings. The van der Waals surface area contributed by atoms with Crippen LogP contribution in [0.3, 0.4) is 0 Å². The Kier molecular flexibility index (Phi) is 6.23. The van der Waals surface area contributed by atoms with Gasteiger partial charge in [0.05, 0.1) is 8.07 Å². The summed E-state index contributed by atoms with van der Waals surface area (Å²) in [7, 11) is -1.42. The molecule has 0 saturated carbocycles. The predicted octanol–water partition coefficient (Wildman–Crippen LogP) is 5.26. The van der Waals surface area contributed by atoms with Gasteiger partial charge in [-0.25, -0.2) is 0 Å². The lowest BCUT2D eigenvalue weighted by atomic mass is 10.1. The fraction of sp³-hybridized carbons (Fsp3) is 0.588. The van der Waals surface area contributed by atoms with Gasteiger partial charge in [-0.3, -0.25) is 4.79 Å². The van der Waals surface area contributed by atoms with E-state index in [1.807, 2.05) is 23.1 Å². The average molecular weight is 370 g/mol. The molecule has 118 valence electrons. The molecule has 1 atom stereocenters. The number of halogens is 1. The summed E-state index contributed by atoms with van der Waals surface area (Å²) in [6.07, 6.45) is 0. The molecule has 0 radical (unpaired) electrons. The van der Waals surface area contributed by atoms with Crippen LogP contribution in [-0.2, 0) is 0 Å². The van der Waals surface area contributed by atoms with E-state index in [4.69, 9.17) is 0 Å². The normalized spacial score (nSPS) is 13.6. The van der Waals surface area contributed by atoms with Gasteiger partial charge in [-0.1, -0.05) is 53.8 Å². The maximum atomic E-state index is 13.0. The van der Waals surface area contributed by atoms with Crippen LogP contribution in [0, 0.1) is 0 Å². The molecule has 0 spiro atoms. The molecule has 1 unspecified atom stereocenters. The van der Waals surface area contributed by atoms with Crippen LogP contribution < -0.4 is 0 Å². The molecule has 1 rings (SSSR count). The van der Waals surface area contributed by atoms with Gasteiger partial charge < -0.3 is 4.90 Å². The second-order valence-corrected chi connectivity index (χ2v) is 14.3. The first-order valence-corrected chi connectivity index (χ1v) is 12.1. The summed E-state index contributed by atoms with van der Waals surface area (Å²) in [5.74, 6) is 0.137. The number of benzene rings is 1. The lowest BCUT2D eigenvalue weighted by Gasteiger charge is -2.33. The molecule has 0 aliphatic heterocycles. The SMILES string of the molecule is CC(C)N(C(=O)c1ccccc1C(Br)[Si](C)(C)C)C(C)C. The minimum Gasteiger partial charge on any atom is -0.334 e. The topological polar surface area (TPSA) is 20.3 Å². The van der Waals surface area contributed by atoms with Gasteiger partial charge in [0.25, 0.3) is 5.91 Å². The van der Waals surface area contributed by atoms with Crippen molar-refractivity contribution >= 4 is 29.9 Å². The third kappa shape index (κ3) is 4.43. The Morgan fingerprint density at radius 3 is 1.95 bits per heavy atom. The zero-order valence-corrected chi connectivity index (χ0v) is 16.9. The molecule has 0 aliphatic rings. The Hall–Kier alpha value is -0.613. The highest BCUT2D eigenvalue weighted by molar-refractivity contribution is 9.09. The summed E-state index contributed by atoms with van der Waals surface area (Å²) in [4.78, 5) is 15.0. The Labute approximate surface area is 139 Å². The largest absolute Gasteiger partial charge is 0.334 e. The highest BCUT2D eigenvalue weighted by atomic mass is 79.9. The summed E-state index contributed by atoms with van der Waals surface area (Å²) in [6.45, 7) is 15.2. The molecule has 21 heavy (non-hydrogen) atoms. The number of amides is 1. The molecule has 1 aromatic carbocycles. The third-order valence-electron chi connectivity index (χ3n) is 3.57. The number of rotatable bonds is 5. The van der Waals surface area contributed by atoms with Gasteiger partial charge in [0.2, 0.25) is 0 Å². The first-order valence-electron chi connectivity index (χ1n) is 7.63. The molecule has 0 N–H and O–H groups in total. The molecule has 0 bridgehead atoms. The first kappa shape index (κ1) is 18.4. The molecular weight excluding hydrogens is 342 g/mol. The summed E-state index contributed by atoms with van der Waals surface area (Å²) in [5, 5.41) is 0. The lowest BCUT2D eigenvalue weighted by Crippen LogP contribution is -2.42. The zero-order valence-electron chi connectivity index (χ0n) is 14.3. The molecular formula is C17H28BrNOSi. The van der Waals surface area contributed by atoms with Crippen LogP contribution in [-0.4, -0.2) is 31.0 Å². The van der Waals surface area contributed by atoms with E-state index < -0.39 is 8.07 Å². The van der Waals surface area contributed by atoms with E-state index >= 15 is 0 Å². The highest BCUT2D eigenvalue weighted by Crippen LogP contribution is 2.35. The first-order chi connectivity index (χ1) is 9.57. The number of nitrogens with zero attached hydrogens (tertiary/aromatic N) is 1. The molecule has 1 aromatic rings. The second kappa shape index (κ2) is 7.10. The van der Waals surface area contributed by atoms with Gasteiger partial charge in [-0.05, 0) is 39.3 Å². The van der Waals surface area contributed by atoms with Crippen molar-refractivity contribution < 1.29 is 4.79 Å². The number of carbonyl (C=O) groups is 1. The summed E-state index contributed by atoms with van der Waals surface area (Å²) in [5.41, 5.74) is 1.97. The molecule has 0 aliphatic carbocycles.